The van der Waals surface area contributed by atoms with Crippen LogP contribution >= 0.6 is 11.3 Å². The van der Waals surface area contributed by atoms with E-state index in [0.717, 1.165) is 11.3 Å². The lowest BCUT2D eigenvalue weighted by Crippen LogP contribution is -2.13. The minimum Gasteiger partial charge on any atom is -0.326 e. The van der Waals surface area contributed by atoms with E-state index < -0.39 is 0 Å². The molecule has 3 aromatic rings. The molecule has 1 N–H and O–H groups in total. The molecule has 0 unspecified atom stereocenters. The molecule has 0 saturated heterocycles. The van der Waals surface area contributed by atoms with Gasteiger partial charge in [-0.25, -0.2) is 4.98 Å². The van der Waals surface area contributed by atoms with Gasteiger partial charge in [-0.15, -0.1) is 0 Å². The van der Waals surface area contributed by atoms with Gasteiger partial charge in [-0.05, 0) is 23.8 Å². The molecule has 0 radical (unpaired) electrons. The second-order valence-corrected chi connectivity index (χ2v) is 5.40. The molecule has 0 fully saturated rings. The molecule has 3 rings (SSSR count). The molecule has 2 aromatic heterocycles. The monoisotopic (exact) mass is 312 g/mol. The van der Waals surface area contributed by atoms with Crippen LogP contribution in [-0.4, -0.2) is 20.5 Å². The highest BCUT2D eigenvalue weighted by Gasteiger charge is 2.02. The summed E-state index contributed by atoms with van der Waals surface area (Å²) < 4.78 is 1.27. The Bertz CT molecular complexity index is 909. The second kappa shape index (κ2) is 5.90. The van der Waals surface area contributed by atoms with Crippen molar-refractivity contribution in [1.29, 1.82) is 0 Å². The van der Waals surface area contributed by atoms with Gasteiger partial charge in [-0.1, -0.05) is 29.5 Å². The Hall–Kier alpha value is -2.80. The minimum atomic E-state index is -0.202. The summed E-state index contributed by atoms with van der Waals surface area (Å²) in [5.41, 5.74) is 3.65. The van der Waals surface area contributed by atoms with Crippen LogP contribution in [0.2, 0.25) is 0 Å². The van der Waals surface area contributed by atoms with Gasteiger partial charge in [-0.3, -0.25) is 9.59 Å². The number of amides is 1. The minimum absolute atomic E-state index is 0.106. The lowest BCUT2D eigenvalue weighted by molar-refractivity contribution is -0.114. The predicted octanol–water partition coefficient (Wildman–Crippen LogP) is 2.28. The van der Waals surface area contributed by atoms with Crippen LogP contribution in [-0.2, 0) is 4.79 Å². The second-order valence-electron chi connectivity index (χ2n) is 4.59. The topological polar surface area (TPSA) is 76.4 Å². The molecular formula is C15H12N4O2S. The van der Waals surface area contributed by atoms with Crippen LogP contribution in [0.4, 0.5) is 5.69 Å². The number of nitrogens with one attached hydrogen (secondary N) is 1. The average molecular weight is 312 g/mol. The van der Waals surface area contributed by atoms with Crippen molar-refractivity contribution in [2.24, 2.45) is 0 Å². The van der Waals surface area contributed by atoms with Gasteiger partial charge >= 0.3 is 0 Å². The fourth-order valence-electron chi connectivity index (χ4n) is 1.92. The highest BCUT2D eigenvalue weighted by Crippen LogP contribution is 2.12. The van der Waals surface area contributed by atoms with Crippen LogP contribution in [0.25, 0.3) is 17.1 Å². The van der Waals surface area contributed by atoms with Gasteiger partial charge in [0.2, 0.25) is 10.9 Å². The maximum Gasteiger partial charge on any atom is 0.275 e. The van der Waals surface area contributed by atoms with Gasteiger partial charge in [0.15, 0.2) is 0 Å². The smallest absolute Gasteiger partial charge is 0.275 e. The Morgan fingerprint density at radius 1 is 1.27 bits per heavy atom. The maximum atomic E-state index is 11.8. The van der Waals surface area contributed by atoms with Gasteiger partial charge in [0.1, 0.15) is 5.51 Å². The summed E-state index contributed by atoms with van der Waals surface area (Å²) in [4.78, 5) is 27.7. The number of rotatable bonds is 3. The van der Waals surface area contributed by atoms with Crippen molar-refractivity contribution in [3.8, 4) is 0 Å². The molecule has 0 atom stereocenters. The number of hydrogen-bond donors (Lipinski definition) is 1. The molecule has 0 spiro atoms. The van der Waals surface area contributed by atoms with Crippen LogP contribution in [0.1, 0.15) is 18.2 Å². The standard InChI is InChI=1S/C15H12N4O2S/c1-10(20)17-12-5-2-11(3-6-12)4-7-13-8-14(21)19-15(18-13)22-9-16-19/h2-9H,1H3,(H,17,20)/b7-4+. The average Bonchev–Trinajstić information content (AvgIpc) is 2.95. The first kappa shape index (κ1) is 14.2. The van der Waals surface area contributed by atoms with E-state index in [-0.39, 0.29) is 11.5 Å². The summed E-state index contributed by atoms with van der Waals surface area (Å²) >= 11 is 1.31. The van der Waals surface area contributed by atoms with Crippen molar-refractivity contribution in [1.82, 2.24) is 14.6 Å². The van der Waals surface area contributed by atoms with Crippen LogP contribution in [0.5, 0.6) is 0 Å². The van der Waals surface area contributed by atoms with E-state index in [4.69, 9.17) is 0 Å². The quantitative estimate of drug-likeness (QED) is 0.805. The van der Waals surface area contributed by atoms with Gasteiger partial charge in [0.25, 0.3) is 5.56 Å². The molecule has 7 heteroatoms. The summed E-state index contributed by atoms with van der Waals surface area (Å²) in [6.45, 7) is 1.47. The van der Waals surface area contributed by atoms with E-state index in [0.29, 0.717) is 10.7 Å². The van der Waals surface area contributed by atoms with Crippen LogP contribution in [0.15, 0.2) is 40.6 Å². The summed E-state index contributed by atoms with van der Waals surface area (Å²) in [7, 11) is 0. The number of fused-ring (bicyclic) bond motifs is 1. The summed E-state index contributed by atoms with van der Waals surface area (Å²) in [6.07, 6.45) is 3.63. The first-order chi connectivity index (χ1) is 10.6. The lowest BCUT2D eigenvalue weighted by atomic mass is 10.2. The normalized spacial score (nSPS) is 11.1. The van der Waals surface area contributed by atoms with Crippen LogP contribution < -0.4 is 10.9 Å². The Morgan fingerprint density at radius 2 is 2.05 bits per heavy atom. The first-order valence-corrected chi connectivity index (χ1v) is 7.39. The third kappa shape index (κ3) is 3.09. The van der Waals surface area contributed by atoms with E-state index in [1.54, 1.807) is 11.6 Å². The van der Waals surface area contributed by atoms with Crippen molar-refractivity contribution in [3.05, 3.63) is 57.5 Å². The SMILES string of the molecule is CC(=O)Nc1ccc(/C=C/c2cc(=O)n3ncsc3n2)cc1. The molecule has 6 nitrogen and oxygen atoms in total. The third-order valence-corrected chi connectivity index (χ3v) is 3.56. The van der Waals surface area contributed by atoms with Crippen LogP contribution in [0, 0.1) is 0 Å². The number of benzene rings is 1. The van der Waals surface area contributed by atoms with E-state index in [2.05, 4.69) is 15.4 Å². The number of hydrogen-bond acceptors (Lipinski definition) is 5. The molecule has 1 aromatic carbocycles. The van der Waals surface area contributed by atoms with Crippen molar-refractivity contribution in [2.75, 3.05) is 5.32 Å². The summed E-state index contributed by atoms with van der Waals surface area (Å²) in [5.74, 6) is -0.106. The molecule has 2 heterocycles. The highest BCUT2D eigenvalue weighted by molar-refractivity contribution is 7.14. The van der Waals surface area contributed by atoms with E-state index in [1.807, 2.05) is 30.3 Å². The zero-order chi connectivity index (χ0) is 15.5. The fraction of sp³-hybridized carbons (Fsp3) is 0.0667. The molecule has 1 amide bonds. The fourth-order valence-corrected chi connectivity index (χ4v) is 2.55. The zero-order valence-corrected chi connectivity index (χ0v) is 12.5. The van der Waals surface area contributed by atoms with E-state index in [9.17, 15) is 9.59 Å². The molecule has 0 aliphatic heterocycles. The van der Waals surface area contributed by atoms with Gasteiger partial charge in [0, 0.05) is 18.7 Å². The lowest BCUT2D eigenvalue weighted by Gasteiger charge is -2.01. The number of anilines is 1. The van der Waals surface area contributed by atoms with E-state index in [1.165, 1.54) is 28.8 Å². The number of carbonyl (C=O) groups is 1. The molecular weight excluding hydrogens is 300 g/mol. The Kier molecular flexibility index (Phi) is 3.80. The summed E-state index contributed by atoms with van der Waals surface area (Å²) in [5, 5.41) is 6.62. The molecule has 0 bridgehead atoms. The third-order valence-electron chi connectivity index (χ3n) is 2.88. The van der Waals surface area contributed by atoms with Crippen LogP contribution in [0.3, 0.4) is 0 Å². The van der Waals surface area contributed by atoms with E-state index >= 15 is 0 Å². The highest BCUT2D eigenvalue weighted by atomic mass is 32.1. The number of nitrogens with zero attached hydrogens (tertiary/aromatic N) is 3. The van der Waals surface area contributed by atoms with Crippen molar-refractivity contribution < 1.29 is 4.79 Å². The Morgan fingerprint density at radius 3 is 2.77 bits per heavy atom. The first-order valence-electron chi connectivity index (χ1n) is 6.51. The predicted molar refractivity (Wildman–Crippen MR) is 86.8 cm³/mol. The van der Waals surface area contributed by atoms with Crippen molar-refractivity contribution in [2.45, 2.75) is 6.92 Å². The Balaban J connectivity index is 1.83. The van der Waals surface area contributed by atoms with Gasteiger partial charge in [0.05, 0.1) is 5.69 Å². The van der Waals surface area contributed by atoms with Gasteiger partial charge in [-0.2, -0.15) is 9.61 Å². The van der Waals surface area contributed by atoms with Crippen molar-refractivity contribution >= 4 is 40.0 Å². The molecule has 110 valence electrons. The largest absolute Gasteiger partial charge is 0.326 e. The van der Waals surface area contributed by atoms with Crippen molar-refractivity contribution in [3.63, 3.8) is 0 Å². The maximum absolute atomic E-state index is 11.8. The zero-order valence-electron chi connectivity index (χ0n) is 11.7. The Labute approximate surface area is 129 Å². The molecule has 0 aliphatic rings. The molecule has 0 saturated carbocycles. The number of carbonyl (C=O) groups excluding carboxylic acids is 1. The number of aromatic nitrogens is 3. The summed E-state index contributed by atoms with van der Waals surface area (Å²) in [6, 6.07) is 8.82. The molecule has 22 heavy (non-hydrogen) atoms. The van der Waals surface area contributed by atoms with Gasteiger partial charge < -0.3 is 5.32 Å². The molecule has 0 aliphatic carbocycles.